The molecule has 1 aliphatic rings. The van der Waals surface area contributed by atoms with Crippen LogP contribution < -0.4 is 0 Å². The largest absolute Gasteiger partial charge is 0.388 e. The van der Waals surface area contributed by atoms with Crippen LogP contribution >= 0.6 is 20.7 Å². The summed E-state index contributed by atoms with van der Waals surface area (Å²) in [7, 11) is -2.23. The van der Waals surface area contributed by atoms with Crippen molar-refractivity contribution in [2.24, 2.45) is 0 Å². The Morgan fingerprint density at radius 2 is 2.07 bits per heavy atom. The van der Waals surface area contributed by atoms with Crippen molar-refractivity contribution in [1.82, 2.24) is 19.5 Å². The van der Waals surface area contributed by atoms with Gasteiger partial charge < -0.3 is 19.5 Å². The SMILES string of the molecule is CCC(C)[PH](=O)OC(C)(C)C[C@H]1OC(n2cnc3c(S)ncnc32)[C@H](O)[C@@H]1O. The average Bonchev–Trinajstić information content (AvgIpc) is 3.18. The molecule has 2 aromatic heterocycles. The molecular formula is C17H27N4O5PS. The van der Waals surface area contributed by atoms with E-state index in [9.17, 15) is 14.8 Å². The summed E-state index contributed by atoms with van der Waals surface area (Å²) in [6.07, 6.45) is -0.00993. The molecule has 0 bridgehead atoms. The summed E-state index contributed by atoms with van der Waals surface area (Å²) in [6, 6.07) is 0. The normalized spacial score (nSPS) is 28.0. The van der Waals surface area contributed by atoms with Gasteiger partial charge in [0.1, 0.15) is 29.1 Å². The smallest absolute Gasteiger partial charge is 0.194 e. The van der Waals surface area contributed by atoms with E-state index in [0.29, 0.717) is 16.2 Å². The van der Waals surface area contributed by atoms with E-state index in [4.69, 9.17) is 9.26 Å². The van der Waals surface area contributed by atoms with Crippen LogP contribution in [0.4, 0.5) is 0 Å². The molecule has 28 heavy (non-hydrogen) atoms. The molecule has 1 aliphatic heterocycles. The number of fused-ring (bicyclic) bond motifs is 1. The van der Waals surface area contributed by atoms with Crippen LogP contribution in [0, 0.1) is 0 Å². The molecule has 2 aromatic rings. The van der Waals surface area contributed by atoms with Gasteiger partial charge in [-0.05, 0) is 20.3 Å². The molecule has 0 spiro atoms. The minimum Gasteiger partial charge on any atom is -0.388 e. The van der Waals surface area contributed by atoms with E-state index >= 15 is 0 Å². The number of nitrogens with zero attached hydrogens (tertiary/aromatic N) is 4. The van der Waals surface area contributed by atoms with Crippen molar-refractivity contribution in [1.29, 1.82) is 0 Å². The molecule has 156 valence electrons. The molecule has 0 amide bonds. The van der Waals surface area contributed by atoms with Crippen LogP contribution in [0.25, 0.3) is 11.2 Å². The van der Waals surface area contributed by atoms with Crippen molar-refractivity contribution in [3.05, 3.63) is 12.7 Å². The molecular weight excluding hydrogens is 403 g/mol. The highest BCUT2D eigenvalue weighted by atomic mass is 32.1. The Bertz CT molecular complexity index is 863. The van der Waals surface area contributed by atoms with Crippen LogP contribution in [0.15, 0.2) is 17.7 Å². The molecule has 3 heterocycles. The van der Waals surface area contributed by atoms with Crippen molar-refractivity contribution >= 4 is 31.8 Å². The number of rotatable bonds is 7. The number of imidazole rings is 1. The second kappa shape index (κ2) is 8.38. The molecule has 0 aliphatic carbocycles. The highest BCUT2D eigenvalue weighted by molar-refractivity contribution is 7.80. The van der Waals surface area contributed by atoms with Crippen LogP contribution in [0.2, 0.25) is 0 Å². The van der Waals surface area contributed by atoms with Gasteiger partial charge in [0.2, 0.25) is 0 Å². The van der Waals surface area contributed by atoms with Crippen molar-refractivity contribution in [3.63, 3.8) is 0 Å². The molecule has 2 N–H and O–H groups in total. The lowest BCUT2D eigenvalue weighted by Gasteiger charge is -2.30. The fraction of sp³-hybridized carbons (Fsp3) is 0.706. The summed E-state index contributed by atoms with van der Waals surface area (Å²) in [5.41, 5.74) is 0.131. The van der Waals surface area contributed by atoms with Gasteiger partial charge in [-0.2, -0.15) is 0 Å². The maximum Gasteiger partial charge on any atom is 0.194 e. The fourth-order valence-corrected chi connectivity index (χ4v) is 4.59. The molecule has 3 unspecified atom stereocenters. The van der Waals surface area contributed by atoms with Gasteiger partial charge in [-0.3, -0.25) is 9.13 Å². The molecule has 0 saturated carbocycles. The standard InChI is InChI=1S/C17H27N4O5PS/c1-5-9(2)27(24)26-17(3,4)6-10-12(22)13(23)16(25-10)21-8-20-11-14(21)18-7-19-15(11)28/h7-10,12-13,16,22-23,27H,5-6H2,1-4H3,(H,18,19,28)/t9?,10-,12-,13-,16?/m1/s1. The number of thiol groups is 1. The third kappa shape index (κ3) is 4.27. The van der Waals surface area contributed by atoms with E-state index in [0.717, 1.165) is 6.42 Å². The van der Waals surface area contributed by atoms with Crippen LogP contribution in [0.1, 0.15) is 46.8 Å². The van der Waals surface area contributed by atoms with Gasteiger partial charge in [-0.1, -0.05) is 13.8 Å². The van der Waals surface area contributed by atoms with E-state index < -0.39 is 38.2 Å². The van der Waals surface area contributed by atoms with E-state index in [1.807, 2.05) is 13.8 Å². The first-order valence-corrected chi connectivity index (χ1v) is 11.1. The van der Waals surface area contributed by atoms with E-state index in [-0.39, 0.29) is 12.1 Å². The maximum absolute atomic E-state index is 12.3. The topological polar surface area (TPSA) is 120 Å². The van der Waals surface area contributed by atoms with Gasteiger partial charge in [-0.25, -0.2) is 15.0 Å². The zero-order valence-corrected chi connectivity index (χ0v) is 18.2. The van der Waals surface area contributed by atoms with Gasteiger partial charge in [0, 0.05) is 12.1 Å². The molecule has 0 radical (unpaired) electrons. The van der Waals surface area contributed by atoms with Gasteiger partial charge in [0.15, 0.2) is 19.9 Å². The molecule has 9 nitrogen and oxygen atoms in total. The van der Waals surface area contributed by atoms with Crippen LogP contribution in [0.3, 0.4) is 0 Å². The highest BCUT2D eigenvalue weighted by Crippen LogP contribution is 2.41. The first kappa shape index (κ1) is 21.7. The monoisotopic (exact) mass is 430 g/mol. The summed E-state index contributed by atoms with van der Waals surface area (Å²) >= 11 is 4.25. The van der Waals surface area contributed by atoms with Crippen molar-refractivity contribution < 1.29 is 24.0 Å². The molecule has 0 aromatic carbocycles. The third-order valence-electron chi connectivity index (χ3n) is 5.04. The van der Waals surface area contributed by atoms with Crippen LogP contribution in [0.5, 0.6) is 0 Å². The van der Waals surface area contributed by atoms with Gasteiger partial charge in [-0.15, -0.1) is 12.6 Å². The molecule has 1 fully saturated rings. The Hall–Kier alpha value is -1.03. The number of hydrogen-bond acceptors (Lipinski definition) is 9. The van der Waals surface area contributed by atoms with Gasteiger partial charge >= 0.3 is 0 Å². The van der Waals surface area contributed by atoms with Crippen LogP contribution in [-0.4, -0.2) is 59.3 Å². The Balaban J connectivity index is 1.77. The Morgan fingerprint density at radius 1 is 1.36 bits per heavy atom. The first-order valence-electron chi connectivity index (χ1n) is 9.25. The lowest BCUT2D eigenvalue weighted by atomic mass is 9.97. The Kier molecular flexibility index (Phi) is 6.48. The van der Waals surface area contributed by atoms with Crippen molar-refractivity contribution in [2.45, 2.75) is 81.4 Å². The van der Waals surface area contributed by atoms with E-state index in [2.05, 4.69) is 27.6 Å². The average molecular weight is 430 g/mol. The van der Waals surface area contributed by atoms with Gasteiger partial charge in [0.25, 0.3) is 0 Å². The lowest BCUT2D eigenvalue weighted by molar-refractivity contribution is -0.0578. The second-order valence-electron chi connectivity index (χ2n) is 7.76. The van der Waals surface area contributed by atoms with E-state index in [1.54, 1.807) is 18.4 Å². The first-order chi connectivity index (χ1) is 13.1. The number of hydrogen-bond donors (Lipinski definition) is 3. The van der Waals surface area contributed by atoms with Crippen LogP contribution in [-0.2, 0) is 13.8 Å². The lowest BCUT2D eigenvalue weighted by Crippen LogP contribution is -2.36. The minimum absolute atomic E-state index is 0.0236. The second-order valence-corrected chi connectivity index (χ2v) is 10.0. The minimum atomic E-state index is -2.23. The Labute approximate surface area is 169 Å². The van der Waals surface area contributed by atoms with E-state index in [1.165, 1.54) is 12.7 Å². The highest BCUT2D eigenvalue weighted by Gasteiger charge is 2.46. The third-order valence-corrected chi connectivity index (χ3v) is 7.33. The zero-order valence-electron chi connectivity index (χ0n) is 16.3. The number of aliphatic hydroxyl groups excluding tert-OH is 2. The summed E-state index contributed by atoms with van der Waals surface area (Å²) in [5.74, 6) is 0. The maximum atomic E-state index is 12.3. The predicted octanol–water partition coefficient (Wildman–Crippen LogP) is 2.19. The predicted molar refractivity (Wildman–Crippen MR) is 107 cm³/mol. The Morgan fingerprint density at radius 3 is 2.75 bits per heavy atom. The van der Waals surface area contributed by atoms with Crippen molar-refractivity contribution in [2.75, 3.05) is 0 Å². The number of ether oxygens (including phenoxy) is 1. The fourth-order valence-electron chi connectivity index (χ4n) is 3.22. The summed E-state index contributed by atoms with van der Waals surface area (Å²) < 4.78 is 25.6. The molecule has 1 saturated heterocycles. The molecule has 6 atom stereocenters. The molecule has 3 rings (SSSR count). The summed E-state index contributed by atoms with van der Waals surface area (Å²) in [4.78, 5) is 12.4. The number of aliphatic hydroxyl groups is 2. The summed E-state index contributed by atoms with van der Waals surface area (Å²) in [5, 5.41) is 21.5. The zero-order chi connectivity index (χ0) is 20.6. The number of aromatic nitrogens is 4. The summed E-state index contributed by atoms with van der Waals surface area (Å²) in [6.45, 7) is 7.46. The van der Waals surface area contributed by atoms with Gasteiger partial charge in [0.05, 0.1) is 18.0 Å². The quantitative estimate of drug-likeness (QED) is 0.347. The van der Waals surface area contributed by atoms with Crippen molar-refractivity contribution in [3.8, 4) is 0 Å². The molecule has 11 heteroatoms.